The Morgan fingerprint density at radius 1 is 1.22 bits per heavy atom. The average molecular weight is 265 g/mol. The summed E-state index contributed by atoms with van der Waals surface area (Å²) in [4.78, 5) is 0.361. The summed E-state index contributed by atoms with van der Waals surface area (Å²) >= 11 is 4.97. The molecule has 1 aromatic rings. The summed E-state index contributed by atoms with van der Waals surface area (Å²) in [6, 6.07) is 7.54. The molecule has 1 saturated carbocycles. The molecular weight excluding hydrogens is 246 g/mol. The maximum absolute atomic E-state index is 5.63. The highest BCUT2D eigenvalue weighted by atomic mass is 32.1. The second-order valence-electron chi connectivity index (χ2n) is 4.55. The first-order valence-corrected chi connectivity index (χ1v) is 6.77. The van der Waals surface area contributed by atoms with Gasteiger partial charge in [-0.1, -0.05) is 37.2 Å². The predicted octanol–water partition coefficient (Wildman–Crippen LogP) is 2.52. The third-order valence-corrected chi connectivity index (χ3v) is 3.23. The van der Waals surface area contributed by atoms with Crippen LogP contribution in [-0.4, -0.2) is 24.8 Å². The molecule has 0 unspecified atom stereocenters. The summed E-state index contributed by atoms with van der Waals surface area (Å²) in [7, 11) is 0. The van der Waals surface area contributed by atoms with E-state index in [1.165, 1.54) is 19.3 Å². The lowest BCUT2D eigenvalue weighted by molar-refractivity contribution is 0.0958. The minimum atomic E-state index is 0.361. The number of nitrogens with two attached hydrogens (primary N) is 1. The Balaban J connectivity index is 1.67. The lowest BCUT2D eigenvalue weighted by atomic mass is 10.2. The van der Waals surface area contributed by atoms with Gasteiger partial charge in [-0.25, -0.2) is 0 Å². The zero-order valence-corrected chi connectivity index (χ0v) is 11.2. The number of ether oxygens (including phenoxy) is 2. The first-order chi connectivity index (χ1) is 8.77. The zero-order valence-electron chi connectivity index (χ0n) is 10.4. The Kier molecular flexibility index (Phi) is 4.96. The van der Waals surface area contributed by atoms with E-state index in [9.17, 15) is 0 Å². The topological polar surface area (TPSA) is 44.5 Å². The van der Waals surface area contributed by atoms with Crippen molar-refractivity contribution in [1.82, 2.24) is 0 Å². The summed E-state index contributed by atoms with van der Waals surface area (Å²) in [6.07, 6.45) is 3.94. The third-order valence-electron chi connectivity index (χ3n) is 3.01. The Bertz CT molecular complexity index is 405. The molecule has 18 heavy (non-hydrogen) atoms. The van der Waals surface area contributed by atoms with E-state index < -0.39 is 0 Å². The van der Waals surface area contributed by atoms with Crippen molar-refractivity contribution in [2.24, 2.45) is 11.7 Å². The minimum absolute atomic E-state index is 0.361. The van der Waals surface area contributed by atoms with Crippen molar-refractivity contribution in [2.75, 3.05) is 19.8 Å². The fourth-order valence-corrected chi connectivity index (χ4v) is 1.93. The molecule has 0 heterocycles. The molecule has 0 spiro atoms. The fourth-order valence-electron chi connectivity index (χ4n) is 1.77. The third kappa shape index (κ3) is 4.27. The number of para-hydroxylation sites is 1. The SMILES string of the molecule is NC(=S)c1ccccc1OCCOCCC1CC1. The van der Waals surface area contributed by atoms with Crippen molar-refractivity contribution in [3.8, 4) is 5.75 Å². The van der Waals surface area contributed by atoms with Crippen molar-refractivity contribution in [3.63, 3.8) is 0 Å². The Hall–Kier alpha value is -1.13. The molecule has 0 atom stereocenters. The second kappa shape index (κ2) is 6.71. The van der Waals surface area contributed by atoms with Gasteiger partial charge in [-0.3, -0.25) is 0 Å². The molecule has 0 aliphatic heterocycles. The Labute approximate surface area is 113 Å². The van der Waals surface area contributed by atoms with E-state index in [-0.39, 0.29) is 0 Å². The smallest absolute Gasteiger partial charge is 0.129 e. The van der Waals surface area contributed by atoms with Crippen LogP contribution >= 0.6 is 12.2 Å². The molecular formula is C14H19NO2S. The van der Waals surface area contributed by atoms with Gasteiger partial charge in [0.05, 0.1) is 12.2 Å². The van der Waals surface area contributed by atoms with Crippen LogP contribution in [0.2, 0.25) is 0 Å². The standard InChI is InChI=1S/C14H19NO2S/c15-14(18)12-3-1-2-4-13(12)17-10-9-16-8-7-11-5-6-11/h1-4,11H,5-10H2,(H2,15,18). The van der Waals surface area contributed by atoms with Gasteiger partial charge in [0.25, 0.3) is 0 Å². The molecule has 2 N–H and O–H groups in total. The van der Waals surface area contributed by atoms with Gasteiger partial charge in [-0.05, 0) is 24.5 Å². The average Bonchev–Trinajstić information content (AvgIpc) is 3.18. The van der Waals surface area contributed by atoms with Crippen molar-refractivity contribution in [3.05, 3.63) is 29.8 Å². The molecule has 3 nitrogen and oxygen atoms in total. The molecule has 1 fully saturated rings. The van der Waals surface area contributed by atoms with Gasteiger partial charge in [0, 0.05) is 6.61 Å². The van der Waals surface area contributed by atoms with E-state index in [1.54, 1.807) is 0 Å². The van der Waals surface area contributed by atoms with Crippen molar-refractivity contribution in [2.45, 2.75) is 19.3 Å². The number of thiocarbonyl (C=S) groups is 1. The van der Waals surface area contributed by atoms with Gasteiger partial charge in [0.2, 0.25) is 0 Å². The summed E-state index contributed by atoms with van der Waals surface area (Å²) < 4.78 is 11.1. The summed E-state index contributed by atoms with van der Waals surface area (Å²) in [6.45, 7) is 1.98. The van der Waals surface area contributed by atoms with Crippen LogP contribution in [0.15, 0.2) is 24.3 Å². The van der Waals surface area contributed by atoms with E-state index in [4.69, 9.17) is 27.4 Å². The summed E-state index contributed by atoms with van der Waals surface area (Å²) in [5.74, 6) is 1.65. The largest absolute Gasteiger partial charge is 0.490 e. The number of hydrogen-bond donors (Lipinski definition) is 1. The Morgan fingerprint density at radius 2 is 2.00 bits per heavy atom. The molecule has 1 aliphatic carbocycles. The second-order valence-corrected chi connectivity index (χ2v) is 4.99. The highest BCUT2D eigenvalue weighted by Gasteiger charge is 2.20. The number of benzene rings is 1. The van der Waals surface area contributed by atoms with Crippen LogP contribution in [0.1, 0.15) is 24.8 Å². The van der Waals surface area contributed by atoms with Crippen LogP contribution < -0.4 is 10.5 Å². The molecule has 0 amide bonds. The molecule has 4 heteroatoms. The van der Waals surface area contributed by atoms with Gasteiger partial charge in [0.1, 0.15) is 17.3 Å². The quantitative estimate of drug-likeness (QED) is 0.579. The fraction of sp³-hybridized carbons (Fsp3) is 0.500. The molecule has 0 aromatic heterocycles. The van der Waals surface area contributed by atoms with E-state index >= 15 is 0 Å². The van der Waals surface area contributed by atoms with Gasteiger partial charge < -0.3 is 15.2 Å². The monoisotopic (exact) mass is 265 g/mol. The normalized spacial score (nSPS) is 14.4. The summed E-state index contributed by atoms with van der Waals surface area (Å²) in [5.41, 5.74) is 6.41. The van der Waals surface area contributed by atoms with Gasteiger partial charge in [-0.2, -0.15) is 0 Å². The van der Waals surface area contributed by atoms with Gasteiger partial charge in [-0.15, -0.1) is 0 Å². The highest BCUT2D eigenvalue weighted by Crippen LogP contribution is 2.32. The number of rotatable bonds is 8. The maximum atomic E-state index is 5.63. The minimum Gasteiger partial charge on any atom is -0.490 e. The van der Waals surface area contributed by atoms with E-state index in [2.05, 4.69) is 0 Å². The maximum Gasteiger partial charge on any atom is 0.129 e. The van der Waals surface area contributed by atoms with Crippen molar-refractivity contribution < 1.29 is 9.47 Å². The van der Waals surface area contributed by atoms with Crippen LogP contribution in [0.4, 0.5) is 0 Å². The number of hydrogen-bond acceptors (Lipinski definition) is 3. The van der Waals surface area contributed by atoms with Crippen LogP contribution in [0.5, 0.6) is 5.75 Å². The highest BCUT2D eigenvalue weighted by molar-refractivity contribution is 7.80. The van der Waals surface area contributed by atoms with Crippen molar-refractivity contribution >= 4 is 17.2 Å². The first-order valence-electron chi connectivity index (χ1n) is 6.37. The van der Waals surface area contributed by atoms with Crippen LogP contribution in [-0.2, 0) is 4.74 Å². The lowest BCUT2D eigenvalue weighted by Gasteiger charge is -2.10. The van der Waals surface area contributed by atoms with Gasteiger partial charge in [0.15, 0.2) is 0 Å². The molecule has 1 aliphatic rings. The van der Waals surface area contributed by atoms with Gasteiger partial charge >= 0.3 is 0 Å². The van der Waals surface area contributed by atoms with Crippen LogP contribution in [0.25, 0.3) is 0 Å². The van der Waals surface area contributed by atoms with Crippen molar-refractivity contribution in [1.29, 1.82) is 0 Å². The van der Waals surface area contributed by atoms with Crippen LogP contribution in [0, 0.1) is 5.92 Å². The predicted molar refractivity (Wildman–Crippen MR) is 76.0 cm³/mol. The molecule has 0 bridgehead atoms. The van der Waals surface area contributed by atoms with Crippen LogP contribution in [0.3, 0.4) is 0 Å². The molecule has 2 rings (SSSR count). The lowest BCUT2D eigenvalue weighted by Crippen LogP contribution is -2.14. The zero-order chi connectivity index (χ0) is 12.8. The van der Waals surface area contributed by atoms with E-state index in [1.807, 2.05) is 24.3 Å². The molecule has 0 saturated heterocycles. The first kappa shape index (κ1) is 13.3. The van der Waals surface area contributed by atoms with E-state index in [0.717, 1.165) is 23.8 Å². The molecule has 0 radical (unpaired) electrons. The Morgan fingerprint density at radius 3 is 2.72 bits per heavy atom. The van der Waals surface area contributed by atoms with E-state index in [0.29, 0.717) is 18.2 Å². The summed E-state index contributed by atoms with van der Waals surface area (Å²) in [5, 5.41) is 0. The molecule has 98 valence electrons. The molecule has 1 aromatic carbocycles.